The van der Waals surface area contributed by atoms with E-state index >= 15 is 0 Å². The average Bonchev–Trinajstić information content (AvgIpc) is 2.03. The van der Waals surface area contributed by atoms with Crippen molar-refractivity contribution in [1.82, 2.24) is 0 Å². The molecule has 0 aromatic heterocycles. The van der Waals surface area contributed by atoms with Gasteiger partial charge in [-0.25, -0.2) is 0 Å². The Balaban J connectivity index is 3.95. The molecule has 0 fully saturated rings. The predicted molar refractivity (Wildman–Crippen MR) is 50.8 cm³/mol. The SMILES string of the molecule is C=CCN=C(N)C(CC)CC. The fourth-order valence-electron chi connectivity index (χ4n) is 1.01. The van der Waals surface area contributed by atoms with Crippen LogP contribution in [0.2, 0.25) is 0 Å². The molecule has 0 aliphatic heterocycles. The van der Waals surface area contributed by atoms with Gasteiger partial charge in [0.1, 0.15) is 0 Å². The van der Waals surface area contributed by atoms with Crippen molar-refractivity contribution in [3.63, 3.8) is 0 Å². The summed E-state index contributed by atoms with van der Waals surface area (Å²) in [6.07, 6.45) is 3.90. The van der Waals surface area contributed by atoms with E-state index in [1.165, 1.54) is 0 Å². The van der Waals surface area contributed by atoms with Crippen molar-refractivity contribution < 1.29 is 0 Å². The minimum Gasteiger partial charge on any atom is -0.387 e. The van der Waals surface area contributed by atoms with Crippen LogP contribution in [0.15, 0.2) is 17.6 Å². The Bertz CT molecular complexity index is 134. The highest BCUT2D eigenvalue weighted by Gasteiger charge is 2.06. The molecule has 0 atom stereocenters. The van der Waals surface area contributed by atoms with E-state index in [9.17, 15) is 0 Å². The first-order chi connectivity index (χ1) is 5.26. The molecule has 0 aromatic carbocycles. The molecule has 0 spiro atoms. The summed E-state index contributed by atoms with van der Waals surface area (Å²) >= 11 is 0. The van der Waals surface area contributed by atoms with Crippen LogP contribution < -0.4 is 5.73 Å². The van der Waals surface area contributed by atoms with Gasteiger partial charge in [-0.05, 0) is 12.8 Å². The Hall–Kier alpha value is -0.790. The molecule has 2 N–H and O–H groups in total. The summed E-state index contributed by atoms with van der Waals surface area (Å²) in [6.45, 7) is 8.48. The van der Waals surface area contributed by atoms with Gasteiger partial charge >= 0.3 is 0 Å². The van der Waals surface area contributed by atoms with Gasteiger partial charge in [-0.1, -0.05) is 19.9 Å². The maximum atomic E-state index is 5.73. The monoisotopic (exact) mass is 154 g/mol. The van der Waals surface area contributed by atoms with Crippen molar-refractivity contribution in [3.05, 3.63) is 12.7 Å². The second-order valence-electron chi connectivity index (χ2n) is 2.57. The molecule has 0 heterocycles. The molecule has 2 nitrogen and oxygen atoms in total. The maximum absolute atomic E-state index is 5.73. The number of hydrogen-bond donors (Lipinski definition) is 1. The number of nitrogens with two attached hydrogens (primary N) is 1. The molecule has 2 heteroatoms. The lowest BCUT2D eigenvalue weighted by Gasteiger charge is -2.10. The smallest absolute Gasteiger partial charge is 0.0972 e. The first-order valence-electron chi connectivity index (χ1n) is 4.16. The van der Waals surface area contributed by atoms with Crippen molar-refractivity contribution in [3.8, 4) is 0 Å². The topological polar surface area (TPSA) is 38.4 Å². The summed E-state index contributed by atoms with van der Waals surface area (Å²) in [6, 6.07) is 0. The normalized spacial score (nSPS) is 12.1. The van der Waals surface area contributed by atoms with Crippen LogP contribution in [0.4, 0.5) is 0 Å². The van der Waals surface area contributed by atoms with Crippen LogP contribution in [-0.4, -0.2) is 12.4 Å². The number of hydrogen-bond acceptors (Lipinski definition) is 1. The van der Waals surface area contributed by atoms with Gasteiger partial charge in [-0.2, -0.15) is 0 Å². The highest BCUT2D eigenvalue weighted by molar-refractivity contribution is 5.82. The molecule has 11 heavy (non-hydrogen) atoms. The minimum atomic E-state index is 0.454. The molecular weight excluding hydrogens is 136 g/mol. The first kappa shape index (κ1) is 10.2. The van der Waals surface area contributed by atoms with Gasteiger partial charge in [0.15, 0.2) is 0 Å². The molecule has 0 saturated heterocycles. The van der Waals surface area contributed by atoms with Crippen LogP contribution >= 0.6 is 0 Å². The zero-order chi connectivity index (χ0) is 8.69. The predicted octanol–water partition coefficient (Wildman–Crippen LogP) is 1.97. The van der Waals surface area contributed by atoms with Gasteiger partial charge in [-0.15, -0.1) is 6.58 Å². The Labute approximate surface area is 69.2 Å². The van der Waals surface area contributed by atoms with Crippen LogP contribution in [0.3, 0.4) is 0 Å². The van der Waals surface area contributed by atoms with E-state index in [0.29, 0.717) is 12.5 Å². The highest BCUT2D eigenvalue weighted by atomic mass is 14.9. The van der Waals surface area contributed by atoms with E-state index in [1.807, 2.05) is 0 Å². The summed E-state index contributed by atoms with van der Waals surface area (Å²) in [5.74, 6) is 1.23. The summed E-state index contributed by atoms with van der Waals surface area (Å²) in [7, 11) is 0. The number of aliphatic imine (C=N–C) groups is 1. The third-order valence-electron chi connectivity index (χ3n) is 1.81. The maximum Gasteiger partial charge on any atom is 0.0972 e. The van der Waals surface area contributed by atoms with E-state index in [-0.39, 0.29) is 0 Å². The molecule has 0 unspecified atom stereocenters. The average molecular weight is 154 g/mol. The summed E-state index contributed by atoms with van der Waals surface area (Å²) in [5, 5.41) is 0. The number of amidine groups is 1. The lowest BCUT2D eigenvalue weighted by Crippen LogP contribution is -2.22. The van der Waals surface area contributed by atoms with Gasteiger partial charge < -0.3 is 5.73 Å². The second-order valence-corrected chi connectivity index (χ2v) is 2.57. The molecule has 0 aliphatic carbocycles. The highest BCUT2D eigenvalue weighted by Crippen LogP contribution is 2.06. The van der Waals surface area contributed by atoms with E-state index < -0.39 is 0 Å². The zero-order valence-corrected chi connectivity index (χ0v) is 7.51. The Morgan fingerprint density at radius 1 is 1.55 bits per heavy atom. The molecule has 0 aliphatic rings. The van der Waals surface area contributed by atoms with Crippen LogP contribution in [-0.2, 0) is 0 Å². The molecular formula is C9H18N2. The number of nitrogens with zero attached hydrogens (tertiary/aromatic N) is 1. The lowest BCUT2D eigenvalue weighted by molar-refractivity contribution is 0.635. The molecule has 0 bridgehead atoms. The van der Waals surface area contributed by atoms with Crippen LogP contribution in [0.1, 0.15) is 26.7 Å². The third-order valence-corrected chi connectivity index (χ3v) is 1.81. The standard InChI is InChI=1S/C9H18N2/c1-4-7-11-9(10)8(5-2)6-3/h4,8H,1,5-7H2,2-3H3,(H2,10,11). The molecule has 0 rings (SSSR count). The van der Waals surface area contributed by atoms with Crippen molar-refractivity contribution in [2.24, 2.45) is 16.6 Å². The second kappa shape index (κ2) is 5.96. The molecule has 0 saturated carbocycles. The van der Waals surface area contributed by atoms with E-state index in [4.69, 9.17) is 5.73 Å². The lowest BCUT2D eigenvalue weighted by atomic mass is 10.0. The van der Waals surface area contributed by atoms with Crippen molar-refractivity contribution in [2.75, 3.05) is 6.54 Å². The van der Waals surface area contributed by atoms with E-state index in [1.54, 1.807) is 6.08 Å². The minimum absolute atomic E-state index is 0.454. The molecule has 0 amide bonds. The molecule has 0 aromatic rings. The van der Waals surface area contributed by atoms with Gasteiger partial charge in [0.25, 0.3) is 0 Å². The van der Waals surface area contributed by atoms with Crippen LogP contribution in [0, 0.1) is 5.92 Å². The van der Waals surface area contributed by atoms with Crippen molar-refractivity contribution in [1.29, 1.82) is 0 Å². The van der Waals surface area contributed by atoms with Gasteiger partial charge in [-0.3, -0.25) is 4.99 Å². The quantitative estimate of drug-likeness (QED) is 0.367. The van der Waals surface area contributed by atoms with Gasteiger partial charge in [0, 0.05) is 5.92 Å². The van der Waals surface area contributed by atoms with Gasteiger partial charge in [0.2, 0.25) is 0 Å². The number of rotatable bonds is 5. The zero-order valence-electron chi connectivity index (χ0n) is 7.51. The fraction of sp³-hybridized carbons (Fsp3) is 0.667. The molecule has 64 valence electrons. The van der Waals surface area contributed by atoms with Crippen molar-refractivity contribution >= 4 is 5.84 Å². The van der Waals surface area contributed by atoms with Crippen LogP contribution in [0.25, 0.3) is 0 Å². The molecule has 0 radical (unpaired) electrons. The summed E-state index contributed by atoms with van der Waals surface area (Å²) in [4.78, 5) is 4.16. The van der Waals surface area contributed by atoms with Crippen LogP contribution in [0.5, 0.6) is 0 Å². The first-order valence-corrected chi connectivity index (χ1v) is 4.16. The largest absolute Gasteiger partial charge is 0.387 e. The van der Waals surface area contributed by atoms with E-state index in [0.717, 1.165) is 18.7 Å². The third kappa shape index (κ3) is 3.81. The summed E-state index contributed by atoms with van der Waals surface area (Å²) in [5.41, 5.74) is 5.73. The van der Waals surface area contributed by atoms with Gasteiger partial charge in [0.05, 0.1) is 12.4 Å². The fourth-order valence-corrected chi connectivity index (χ4v) is 1.01. The van der Waals surface area contributed by atoms with Crippen molar-refractivity contribution in [2.45, 2.75) is 26.7 Å². The Morgan fingerprint density at radius 3 is 2.45 bits per heavy atom. The Kier molecular flexibility index (Phi) is 5.53. The Morgan fingerprint density at radius 2 is 2.09 bits per heavy atom. The summed E-state index contributed by atoms with van der Waals surface area (Å²) < 4.78 is 0. The van der Waals surface area contributed by atoms with E-state index in [2.05, 4.69) is 25.4 Å².